The number of hydrogen-bond acceptors (Lipinski definition) is 10. The minimum Gasteiger partial charge on any atom is -0.799 e. The molecule has 0 bridgehead atoms. The van der Waals surface area contributed by atoms with E-state index in [0.29, 0.717) is 12.8 Å². The molecule has 0 radical (unpaired) electrons. The van der Waals surface area contributed by atoms with Gasteiger partial charge in [-0.1, -0.05) is 0 Å². The Hall–Kier alpha value is 0.870. The Morgan fingerprint density at radius 1 is 0.750 bits per heavy atom. The van der Waals surface area contributed by atoms with Crippen molar-refractivity contribution in [3.63, 3.8) is 0 Å². The van der Waals surface area contributed by atoms with Crippen LogP contribution < -0.4 is 34.5 Å². The topological polar surface area (TPSA) is 114 Å². The van der Waals surface area contributed by atoms with E-state index in [4.69, 9.17) is 37.9 Å². The molecule has 4 aliphatic heterocycles. The Morgan fingerprint density at radius 2 is 1.09 bits per heavy atom. The summed E-state index contributed by atoms with van der Waals surface area (Å²) < 4.78 is 58.7. The number of rotatable bonds is 8. The summed E-state index contributed by atoms with van der Waals surface area (Å²) in [5, 5.41) is 0. The molecular formula is C20H34NaO10P. The van der Waals surface area contributed by atoms with Crippen LogP contribution in [0, 0.1) is 0 Å². The van der Waals surface area contributed by atoms with E-state index in [1.54, 1.807) is 0 Å². The van der Waals surface area contributed by atoms with Gasteiger partial charge in [-0.3, -0.25) is 0 Å². The van der Waals surface area contributed by atoms with Crippen LogP contribution in [0.2, 0.25) is 0 Å². The summed E-state index contributed by atoms with van der Waals surface area (Å²) in [4.78, 5) is 12.8. The van der Waals surface area contributed by atoms with Crippen molar-refractivity contribution in [2.45, 2.75) is 101 Å². The van der Waals surface area contributed by atoms with Crippen molar-refractivity contribution in [3.8, 4) is 0 Å². The van der Waals surface area contributed by atoms with Crippen LogP contribution in [0.3, 0.4) is 0 Å². The molecule has 0 aromatic rings. The third-order valence-corrected chi connectivity index (χ3v) is 8.07. The molecule has 4 rings (SSSR count). The average molecular weight is 488 g/mol. The quantitative estimate of drug-likeness (QED) is 0.286. The van der Waals surface area contributed by atoms with Gasteiger partial charge in [0.1, 0.15) is 24.4 Å². The Labute approximate surface area is 211 Å². The Kier molecular flexibility index (Phi) is 8.66. The maximum Gasteiger partial charge on any atom is 1.00 e. The molecule has 4 heterocycles. The molecule has 4 aliphatic rings. The van der Waals surface area contributed by atoms with Gasteiger partial charge in [0.05, 0.1) is 12.2 Å². The molecule has 0 spiro atoms. The molecular weight excluding hydrogens is 454 g/mol. The molecule has 0 aromatic carbocycles. The number of fused-ring (bicyclic) bond motifs is 2. The molecule has 0 N–H and O–H groups in total. The molecule has 32 heavy (non-hydrogen) atoms. The van der Waals surface area contributed by atoms with Crippen molar-refractivity contribution in [1.29, 1.82) is 0 Å². The first-order valence-corrected chi connectivity index (χ1v) is 12.8. The molecule has 12 heteroatoms. The summed E-state index contributed by atoms with van der Waals surface area (Å²) in [6.45, 7) is 7.30. The fourth-order valence-corrected chi connectivity index (χ4v) is 6.41. The van der Waals surface area contributed by atoms with Crippen molar-refractivity contribution >= 4 is 7.37 Å². The zero-order chi connectivity index (χ0) is 22.6. The molecule has 0 aromatic heterocycles. The van der Waals surface area contributed by atoms with Gasteiger partial charge in [0.15, 0.2) is 24.2 Å². The normalized spacial score (nSPS) is 43.5. The molecule has 0 amide bonds. The Morgan fingerprint density at radius 3 is 1.44 bits per heavy atom. The van der Waals surface area contributed by atoms with Gasteiger partial charge in [0.2, 0.25) is 0 Å². The van der Waals surface area contributed by atoms with Gasteiger partial charge in [-0.25, -0.2) is 0 Å². The predicted molar refractivity (Wildman–Crippen MR) is 106 cm³/mol. The van der Waals surface area contributed by atoms with Gasteiger partial charge in [0.25, 0.3) is 0 Å². The summed E-state index contributed by atoms with van der Waals surface area (Å²) in [6, 6.07) is 0. The standard InChI is InChI=1S/C20H35O10P.Na/c1-19(2)27-13-11(25-17(23-5)15(13)29-19)7-9-31(21,22)10-8-12-14-16(18(24-6)26-12)30-20(3,4)28-14;/h11-18H,7-10H2,1-6H3,(H,21,22);/q;+1/p-1/t11-,12-,13-,14-,15-,16-,17-,18-;/m1./s1. The van der Waals surface area contributed by atoms with Gasteiger partial charge in [0, 0.05) is 21.6 Å². The average Bonchev–Trinajstić information content (AvgIpc) is 3.35. The van der Waals surface area contributed by atoms with E-state index in [-0.39, 0.29) is 66.3 Å². The van der Waals surface area contributed by atoms with Crippen molar-refractivity contribution < 1.29 is 76.9 Å². The summed E-state index contributed by atoms with van der Waals surface area (Å²) in [5.74, 6) is -1.50. The number of methoxy groups -OCH3 is 2. The molecule has 0 aliphatic carbocycles. The largest absolute Gasteiger partial charge is 1.00 e. The van der Waals surface area contributed by atoms with Gasteiger partial charge in [-0.05, 0) is 52.9 Å². The van der Waals surface area contributed by atoms with Gasteiger partial charge < -0.3 is 47.4 Å². The SMILES string of the molecule is CO[C@@H]1O[C@H](CCP(=O)([O-])CC[C@H]2O[C@@H](OC)[C@@H]3OC(C)(C)O[C@@H]32)[C@H]2OC(C)(C)O[C@@H]12.[Na+]. The van der Waals surface area contributed by atoms with E-state index in [1.807, 2.05) is 27.7 Å². The van der Waals surface area contributed by atoms with Crippen LogP contribution in [0.5, 0.6) is 0 Å². The van der Waals surface area contributed by atoms with E-state index >= 15 is 0 Å². The molecule has 8 atom stereocenters. The van der Waals surface area contributed by atoms with Crippen LogP contribution in [-0.2, 0) is 42.5 Å². The Balaban J connectivity index is 0.00000289. The van der Waals surface area contributed by atoms with Crippen LogP contribution >= 0.6 is 7.37 Å². The van der Waals surface area contributed by atoms with E-state index in [9.17, 15) is 9.46 Å². The van der Waals surface area contributed by atoms with E-state index < -0.39 is 43.7 Å². The second-order valence-electron chi connectivity index (χ2n) is 9.53. The first-order valence-electron chi connectivity index (χ1n) is 10.8. The fourth-order valence-electron chi connectivity index (χ4n) is 4.89. The Bertz CT molecular complexity index is 652. The summed E-state index contributed by atoms with van der Waals surface area (Å²) in [7, 11) is -0.601. The molecule has 0 saturated carbocycles. The smallest absolute Gasteiger partial charge is 0.799 e. The van der Waals surface area contributed by atoms with E-state index in [0.717, 1.165) is 0 Å². The molecule has 180 valence electrons. The van der Waals surface area contributed by atoms with Gasteiger partial charge in [-0.15, -0.1) is 0 Å². The zero-order valence-electron chi connectivity index (χ0n) is 20.0. The molecule has 4 saturated heterocycles. The monoisotopic (exact) mass is 488 g/mol. The summed E-state index contributed by atoms with van der Waals surface area (Å²) >= 11 is 0. The van der Waals surface area contributed by atoms with Crippen LogP contribution in [0.1, 0.15) is 40.5 Å². The third kappa shape index (κ3) is 5.81. The third-order valence-electron chi connectivity index (χ3n) is 6.19. The minimum absolute atomic E-state index is 0. The molecule has 10 nitrogen and oxygen atoms in total. The van der Waals surface area contributed by atoms with E-state index in [2.05, 4.69) is 0 Å². The van der Waals surface area contributed by atoms with Gasteiger partial charge >= 0.3 is 29.6 Å². The summed E-state index contributed by atoms with van der Waals surface area (Å²) in [6.07, 6.45) is -2.77. The number of ether oxygens (including phenoxy) is 8. The maximum atomic E-state index is 12.8. The first-order chi connectivity index (χ1) is 14.4. The van der Waals surface area contributed by atoms with Crippen molar-refractivity contribution in [2.24, 2.45) is 0 Å². The fraction of sp³-hybridized carbons (Fsp3) is 1.00. The first kappa shape index (κ1) is 27.5. The number of hydrogen-bond donors (Lipinski definition) is 0. The van der Waals surface area contributed by atoms with Crippen molar-refractivity contribution in [2.75, 3.05) is 26.5 Å². The molecule has 4 fully saturated rings. The van der Waals surface area contributed by atoms with Crippen LogP contribution in [0.4, 0.5) is 0 Å². The van der Waals surface area contributed by atoms with E-state index in [1.165, 1.54) is 14.2 Å². The van der Waals surface area contributed by atoms with Crippen molar-refractivity contribution in [1.82, 2.24) is 0 Å². The minimum atomic E-state index is -3.68. The second kappa shape index (κ2) is 10.1. The molecule has 0 unspecified atom stereocenters. The predicted octanol–water partition coefficient (Wildman–Crippen LogP) is -1.81. The van der Waals surface area contributed by atoms with Crippen LogP contribution in [0.25, 0.3) is 0 Å². The van der Waals surface area contributed by atoms with Crippen molar-refractivity contribution in [3.05, 3.63) is 0 Å². The van der Waals surface area contributed by atoms with Crippen LogP contribution in [0.15, 0.2) is 0 Å². The zero-order valence-corrected chi connectivity index (χ0v) is 22.9. The summed E-state index contributed by atoms with van der Waals surface area (Å²) in [5.41, 5.74) is 0. The van der Waals surface area contributed by atoms with Crippen LogP contribution in [-0.4, -0.2) is 87.3 Å². The maximum absolute atomic E-state index is 12.8. The second-order valence-corrected chi connectivity index (χ2v) is 12.0. The van der Waals surface area contributed by atoms with Gasteiger partial charge in [-0.2, -0.15) is 0 Å².